The molecular formula is C20H21NO7. The maximum atomic E-state index is 12.7. The molecule has 1 saturated heterocycles. The maximum absolute atomic E-state index is 12.7. The minimum Gasteiger partial charge on any atom is -0.467 e. The molecule has 2 atom stereocenters. The van der Waals surface area contributed by atoms with Crippen LogP contribution in [0.4, 0.5) is 0 Å². The summed E-state index contributed by atoms with van der Waals surface area (Å²) in [5.41, 5.74) is 1.15. The van der Waals surface area contributed by atoms with Gasteiger partial charge in [-0.05, 0) is 37.6 Å². The van der Waals surface area contributed by atoms with Crippen LogP contribution in [-0.2, 0) is 28.7 Å². The summed E-state index contributed by atoms with van der Waals surface area (Å²) in [5, 5.41) is 0. The van der Waals surface area contributed by atoms with Crippen molar-refractivity contribution in [2.75, 3.05) is 20.8 Å². The summed E-state index contributed by atoms with van der Waals surface area (Å²) in [4.78, 5) is 61.7. The molecule has 1 heterocycles. The summed E-state index contributed by atoms with van der Waals surface area (Å²) in [7, 11) is 2.47. The van der Waals surface area contributed by atoms with E-state index in [1.807, 2.05) is 0 Å². The molecule has 1 fully saturated rings. The van der Waals surface area contributed by atoms with Gasteiger partial charge in [-0.1, -0.05) is 12.1 Å². The Morgan fingerprint density at radius 3 is 2.21 bits per heavy atom. The summed E-state index contributed by atoms with van der Waals surface area (Å²) < 4.78 is 9.30. The summed E-state index contributed by atoms with van der Waals surface area (Å²) >= 11 is 0. The zero-order chi connectivity index (χ0) is 21.0. The molecule has 1 amide bonds. The highest BCUT2D eigenvalue weighted by molar-refractivity contribution is 6.26. The van der Waals surface area contributed by atoms with Gasteiger partial charge in [0.1, 0.15) is 11.8 Å². The fourth-order valence-corrected chi connectivity index (χ4v) is 2.94. The summed E-state index contributed by atoms with van der Waals surface area (Å²) in [6.07, 6.45) is 1.53. The van der Waals surface area contributed by atoms with Crippen molar-refractivity contribution in [2.45, 2.75) is 19.9 Å². The first-order valence-corrected chi connectivity index (χ1v) is 8.53. The third-order valence-electron chi connectivity index (χ3n) is 4.54. The Labute approximate surface area is 162 Å². The van der Waals surface area contributed by atoms with Gasteiger partial charge in [0.05, 0.1) is 26.3 Å². The Bertz CT molecular complexity index is 854. The summed E-state index contributed by atoms with van der Waals surface area (Å²) in [6, 6.07) is 5.35. The first-order chi connectivity index (χ1) is 13.2. The third kappa shape index (κ3) is 4.16. The number of ether oxygens (including phenoxy) is 2. The van der Waals surface area contributed by atoms with Crippen molar-refractivity contribution in [3.05, 3.63) is 41.0 Å². The topological polar surface area (TPSA) is 107 Å². The highest BCUT2D eigenvalue weighted by Crippen LogP contribution is 2.24. The largest absolute Gasteiger partial charge is 0.467 e. The maximum Gasteiger partial charge on any atom is 0.337 e. The van der Waals surface area contributed by atoms with Crippen LogP contribution in [0.1, 0.15) is 29.8 Å². The van der Waals surface area contributed by atoms with E-state index in [-0.39, 0.29) is 12.1 Å². The van der Waals surface area contributed by atoms with Crippen molar-refractivity contribution in [3.63, 3.8) is 0 Å². The number of hydrogen-bond donors (Lipinski definition) is 0. The van der Waals surface area contributed by atoms with Crippen molar-refractivity contribution in [1.82, 2.24) is 4.90 Å². The van der Waals surface area contributed by atoms with Crippen molar-refractivity contribution in [2.24, 2.45) is 5.92 Å². The molecule has 28 heavy (non-hydrogen) atoms. The fourth-order valence-electron chi connectivity index (χ4n) is 2.94. The van der Waals surface area contributed by atoms with E-state index in [2.05, 4.69) is 9.47 Å². The van der Waals surface area contributed by atoms with Crippen molar-refractivity contribution < 1.29 is 33.4 Å². The Hall–Kier alpha value is -3.29. The zero-order valence-corrected chi connectivity index (χ0v) is 16.1. The van der Waals surface area contributed by atoms with Gasteiger partial charge >= 0.3 is 11.9 Å². The Kier molecular flexibility index (Phi) is 6.45. The van der Waals surface area contributed by atoms with Crippen LogP contribution in [0.2, 0.25) is 0 Å². The Balaban J connectivity index is 2.40. The number of piperidine rings is 1. The number of hydrogen-bond acceptors (Lipinski definition) is 7. The molecule has 1 aliphatic rings. The average molecular weight is 387 g/mol. The molecule has 0 radical (unpaired) electrons. The number of amides is 1. The van der Waals surface area contributed by atoms with E-state index in [1.165, 1.54) is 39.4 Å². The van der Waals surface area contributed by atoms with Gasteiger partial charge in [-0.15, -0.1) is 0 Å². The average Bonchev–Trinajstić information content (AvgIpc) is 2.68. The number of carbonyl (C=O) groups is 5. The van der Waals surface area contributed by atoms with Crippen LogP contribution in [0, 0.1) is 5.92 Å². The van der Waals surface area contributed by atoms with E-state index in [0.29, 0.717) is 11.1 Å². The molecule has 148 valence electrons. The number of methoxy groups -OCH3 is 2. The van der Waals surface area contributed by atoms with Crippen LogP contribution in [0.3, 0.4) is 0 Å². The van der Waals surface area contributed by atoms with Gasteiger partial charge in [0.2, 0.25) is 5.91 Å². The van der Waals surface area contributed by atoms with Crippen LogP contribution < -0.4 is 0 Å². The number of Topliss-reactive ketones (excluding diaryl/α,β-unsaturated/α-hetero) is 2. The minimum absolute atomic E-state index is 0.129. The molecule has 8 nitrogen and oxygen atoms in total. The molecule has 0 aromatic heterocycles. The lowest BCUT2D eigenvalue weighted by Crippen LogP contribution is -2.55. The quantitative estimate of drug-likeness (QED) is 0.422. The molecule has 0 spiro atoms. The monoisotopic (exact) mass is 387 g/mol. The fraction of sp³-hybridized carbons (Fsp3) is 0.350. The van der Waals surface area contributed by atoms with Crippen molar-refractivity contribution in [3.8, 4) is 0 Å². The summed E-state index contributed by atoms with van der Waals surface area (Å²) in [5.74, 6) is -4.53. The van der Waals surface area contributed by atoms with Gasteiger partial charge in [-0.25, -0.2) is 9.59 Å². The van der Waals surface area contributed by atoms with Gasteiger partial charge in [0.15, 0.2) is 11.7 Å². The highest BCUT2D eigenvalue weighted by atomic mass is 16.5. The molecule has 2 unspecified atom stereocenters. The second-order valence-electron chi connectivity index (χ2n) is 6.36. The predicted octanol–water partition coefficient (Wildman–Crippen LogP) is 1.03. The van der Waals surface area contributed by atoms with Crippen LogP contribution in [-0.4, -0.2) is 61.1 Å². The Morgan fingerprint density at radius 1 is 1.11 bits per heavy atom. The number of rotatable bonds is 5. The van der Waals surface area contributed by atoms with E-state index in [0.717, 1.165) is 11.8 Å². The number of nitrogens with zero attached hydrogens (tertiary/aromatic N) is 1. The van der Waals surface area contributed by atoms with Crippen LogP contribution in [0.5, 0.6) is 0 Å². The molecule has 2 rings (SSSR count). The van der Waals surface area contributed by atoms with Gasteiger partial charge in [0, 0.05) is 5.57 Å². The number of ketones is 2. The molecule has 0 N–H and O–H groups in total. The first-order valence-electron chi connectivity index (χ1n) is 8.53. The van der Waals surface area contributed by atoms with E-state index in [9.17, 15) is 24.0 Å². The third-order valence-corrected chi connectivity index (χ3v) is 4.54. The highest BCUT2D eigenvalue weighted by Gasteiger charge is 2.44. The number of esters is 2. The van der Waals surface area contributed by atoms with Gasteiger partial charge < -0.3 is 14.4 Å². The van der Waals surface area contributed by atoms with Crippen LogP contribution >= 0.6 is 0 Å². The SMILES string of the molecule is COC(=O)c1ccc(/C=C2\CN(C(C)C(=O)OC)C(=O)C(C(C)=O)C2=O)cc1. The lowest BCUT2D eigenvalue weighted by Gasteiger charge is -2.35. The van der Waals surface area contributed by atoms with Gasteiger partial charge in [0.25, 0.3) is 0 Å². The predicted molar refractivity (Wildman–Crippen MR) is 98.1 cm³/mol. The van der Waals surface area contributed by atoms with Gasteiger partial charge in [-0.3, -0.25) is 14.4 Å². The second kappa shape index (κ2) is 8.60. The molecule has 0 bridgehead atoms. The standard InChI is InChI=1S/C20H21NO7/c1-11(19(25)27-3)21-10-15(17(23)16(12(2)22)18(21)24)9-13-5-7-14(8-6-13)20(26)28-4/h5-9,11,16H,10H2,1-4H3/b15-9+. The lowest BCUT2D eigenvalue weighted by molar-refractivity contribution is -0.157. The van der Waals surface area contributed by atoms with E-state index in [4.69, 9.17) is 0 Å². The zero-order valence-electron chi connectivity index (χ0n) is 16.1. The minimum atomic E-state index is -1.48. The van der Waals surface area contributed by atoms with Crippen molar-refractivity contribution >= 4 is 35.5 Å². The van der Waals surface area contributed by atoms with Gasteiger partial charge in [-0.2, -0.15) is 0 Å². The lowest BCUT2D eigenvalue weighted by atomic mass is 9.87. The van der Waals surface area contributed by atoms with E-state index >= 15 is 0 Å². The molecular weight excluding hydrogens is 366 g/mol. The number of likely N-dealkylation sites (tertiary alicyclic amines) is 1. The molecule has 0 aliphatic carbocycles. The normalized spacial score (nSPS) is 19.4. The molecule has 0 saturated carbocycles. The molecule has 1 aromatic carbocycles. The van der Waals surface area contributed by atoms with Crippen LogP contribution in [0.15, 0.2) is 29.8 Å². The number of benzene rings is 1. The van der Waals surface area contributed by atoms with E-state index in [1.54, 1.807) is 12.1 Å². The molecule has 1 aliphatic heterocycles. The van der Waals surface area contributed by atoms with Crippen LogP contribution in [0.25, 0.3) is 6.08 Å². The first kappa shape index (κ1) is 21.0. The summed E-state index contributed by atoms with van der Waals surface area (Å²) in [6.45, 7) is 2.51. The number of carbonyl (C=O) groups excluding carboxylic acids is 5. The smallest absolute Gasteiger partial charge is 0.337 e. The second-order valence-corrected chi connectivity index (χ2v) is 6.36. The molecule has 8 heteroatoms. The van der Waals surface area contributed by atoms with E-state index < -0.39 is 41.4 Å². The Morgan fingerprint density at radius 2 is 1.71 bits per heavy atom. The molecule has 1 aromatic rings. The van der Waals surface area contributed by atoms with Crippen molar-refractivity contribution in [1.29, 1.82) is 0 Å².